The second-order valence-electron chi connectivity index (χ2n) is 35.7. The fraction of sp³-hybridized carbons (Fsp3) is 0.459. The molecule has 2 aromatic heterocycles. The summed E-state index contributed by atoms with van der Waals surface area (Å²) in [4.78, 5) is 0. The van der Waals surface area contributed by atoms with Gasteiger partial charge >= 0.3 is 12.4 Å². The van der Waals surface area contributed by atoms with E-state index in [4.69, 9.17) is 9.47 Å². The van der Waals surface area contributed by atoms with Crippen LogP contribution in [0.2, 0.25) is 0 Å². The molecule has 2 unspecified atom stereocenters. The van der Waals surface area contributed by atoms with E-state index in [2.05, 4.69) is 149 Å². The van der Waals surface area contributed by atoms with Gasteiger partial charge < -0.3 is 28.8 Å². The van der Waals surface area contributed by atoms with Gasteiger partial charge in [0.05, 0.1) is 35.5 Å². The molecule has 1 aliphatic carbocycles. The molecule has 0 amide bonds. The number of aromatic hydroxyl groups is 1. The number of hydrogen-bond acceptors (Lipinski definition) is 4. The van der Waals surface area contributed by atoms with Gasteiger partial charge in [-0.1, -0.05) is 183 Å². The van der Waals surface area contributed by atoms with Gasteiger partial charge in [-0.15, -0.1) is 0 Å². The zero-order valence-corrected chi connectivity index (χ0v) is 61.9. The Balaban J connectivity index is 1.15. The van der Waals surface area contributed by atoms with Crippen molar-refractivity contribution in [2.75, 3.05) is 13.2 Å². The highest BCUT2D eigenvalue weighted by molar-refractivity contribution is 6.11. The fourth-order valence-corrected chi connectivity index (χ4v) is 15.1. The molecule has 99 heavy (non-hydrogen) atoms. The summed E-state index contributed by atoms with van der Waals surface area (Å²) in [6.07, 6.45) is -5.87. The van der Waals surface area contributed by atoms with Crippen molar-refractivity contribution in [3.8, 4) is 28.3 Å². The summed E-state index contributed by atoms with van der Waals surface area (Å²) in [7, 11) is 0. The van der Waals surface area contributed by atoms with Gasteiger partial charge in [0, 0.05) is 55.7 Å². The van der Waals surface area contributed by atoms with E-state index < -0.39 is 82.5 Å². The quantitative estimate of drug-likeness (QED) is 0.0647. The zero-order chi connectivity index (χ0) is 73.5. The summed E-state index contributed by atoms with van der Waals surface area (Å²) < 4.78 is 142. The second-order valence-corrected chi connectivity index (χ2v) is 35.7. The van der Waals surface area contributed by atoms with Crippen molar-refractivity contribution in [1.82, 2.24) is 9.13 Å². The maximum absolute atomic E-state index is 16.4. The Labute approximate surface area is 580 Å². The van der Waals surface area contributed by atoms with Crippen molar-refractivity contribution in [2.24, 2.45) is 16.2 Å². The van der Waals surface area contributed by atoms with Gasteiger partial charge in [-0.3, -0.25) is 0 Å². The molecule has 2 atom stereocenters. The molecule has 1 aliphatic rings. The average Bonchev–Trinajstić information content (AvgIpc) is 1.64. The molecule has 6 nitrogen and oxygen atoms in total. The molecule has 7 aromatic carbocycles. The molecule has 0 bridgehead atoms. The fourth-order valence-electron chi connectivity index (χ4n) is 15.1. The topological polar surface area (TPSA) is 68.8 Å². The molecule has 0 saturated heterocycles. The standard InChI is InChI=1S/C85H100F8N2O4/c1-75(2,3)47-81(19,20)54-41-63(73(96)71(43-54)94-67-28-24-50(77(7,8)9)37-59(67)60-38-51(78(10,11)12)25-29-68(60)94)64-45-58(87)46-66(85(91,92)93)74(64)98-32-23-33-99-83(97)65(49-34-56(84(88,89)90)36-57(86)35-49)42-55(82(21,22)48-76(4,5)6)44-72(83)95-69-30-26-52(79(13,14)15)39-61(69)62-40-53(80(16,17)18)27-31-70(62)95/h24-31,34-46,72,96-97H,23,32-33,47-48H2,1-22H3. The maximum atomic E-state index is 16.4. The molecule has 0 aliphatic heterocycles. The van der Waals surface area contributed by atoms with Crippen molar-refractivity contribution < 1.29 is 54.8 Å². The minimum absolute atomic E-state index is 0.122. The number of allylic oxidation sites excluding steroid dienone is 2. The van der Waals surface area contributed by atoms with E-state index in [1.807, 2.05) is 97.5 Å². The first-order chi connectivity index (χ1) is 45.2. The molecule has 14 heteroatoms. The minimum atomic E-state index is -5.20. The van der Waals surface area contributed by atoms with Crippen LogP contribution in [0.25, 0.3) is 66.0 Å². The summed E-state index contributed by atoms with van der Waals surface area (Å²) in [5, 5.41) is 30.7. The molecular formula is C85H100F8N2O4. The van der Waals surface area contributed by atoms with E-state index in [9.17, 15) is 23.4 Å². The number of aromatic nitrogens is 2. The van der Waals surface area contributed by atoms with Crippen LogP contribution < -0.4 is 4.74 Å². The summed E-state index contributed by atoms with van der Waals surface area (Å²) in [6.45, 7) is 44.9. The largest absolute Gasteiger partial charge is 0.505 e. The van der Waals surface area contributed by atoms with Crippen LogP contribution in [0, 0.1) is 27.9 Å². The van der Waals surface area contributed by atoms with Gasteiger partial charge in [0.15, 0.2) is 0 Å². The first-order valence-corrected chi connectivity index (χ1v) is 34.5. The number of rotatable bonds is 14. The number of halogens is 8. The highest BCUT2D eigenvalue weighted by atomic mass is 19.4. The first kappa shape index (κ1) is 74.3. The summed E-state index contributed by atoms with van der Waals surface area (Å²) in [5.74, 6) is -6.30. The molecular weight excluding hydrogens is 1260 g/mol. The molecule has 0 fully saturated rings. The third-order valence-electron chi connectivity index (χ3n) is 19.6. The number of ether oxygens (including phenoxy) is 2. The zero-order valence-electron chi connectivity index (χ0n) is 61.9. The Bertz CT molecular complexity index is 4540. The van der Waals surface area contributed by atoms with Gasteiger partial charge in [-0.2, -0.15) is 26.3 Å². The second kappa shape index (κ2) is 25.0. The lowest BCUT2D eigenvalue weighted by atomic mass is 9.68. The predicted octanol–water partition coefficient (Wildman–Crippen LogP) is 24.7. The van der Waals surface area contributed by atoms with Crippen LogP contribution in [0.3, 0.4) is 0 Å². The summed E-state index contributed by atoms with van der Waals surface area (Å²) >= 11 is 0. The molecule has 2 heterocycles. The van der Waals surface area contributed by atoms with Gasteiger partial charge in [-0.05, 0) is 192 Å². The van der Waals surface area contributed by atoms with E-state index in [1.54, 1.807) is 12.1 Å². The maximum Gasteiger partial charge on any atom is 0.420 e. The highest BCUT2D eigenvalue weighted by Gasteiger charge is 2.49. The number of benzene rings is 7. The Morgan fingerprint density at radius 2 is 0.899 bits per heavy atom. The summed E-state index contributed by atoms with van der Waals surface area (Å²) in [5.41, 5.74) is 1.64. The molecule has 10 rings (SSSR count). The molecule has 0 saturated carbocycles. The molecule has 530 valence electrons. The van der Waals surface area contributed by atoms with E-state index in [0.29, 0.717) is 47.1 Å². The number of fused-ring (bicyclic) bond motifs is 6. The normalized spacial score (nSPS) is 16.8. The van der Waals surface area contributed by atoms with E-state index in [0.717, 1.165) is 73.0 Å². The minimum Gasteiger partial charge on any atom is -0.505 e. The van der Waals surface area contributed by atoms with Crippen molar-refractivity contribution >= 4 is 49.2 Å². The third-order valence-corrected chi connectivity index (χ3v) is 19.6. The number of alkyl halides is 6. The van der Waals surface area contributed by atoms with Crippen molar-refractivity contribution in [2.45, 2.75) is 223 Å². The lowest BCUT2D eigenvalue weighted by Crippen LogP contribution is -2.45. The molecule has 2 N–H and O–H groups in total. The number of phenols is 1. The Hall–Kier alpha value is -7.42. The first-order valence-electron chi connectivity index (χ1n) is 34.5. The molecule has 0 radical (unpaired) electrons. The Kier molecular flexibility index (Phi) is 18.7. The molecule has 0 spiro atoms. The molecule has 9 aromatic rings. The van der Waals surface area contributed by atoms with Crippen molar-refractivity contribution in [1.29, 1.82) is 0 Å². The number of phenolic OH excluding ortho intramolecular Hbond substituents is 1. The highest BCUT2D eigenvalue weighted by Crippen LogP contribution is 2.54. The van der Waals surface area contributed by atoms with Crippen LogP contribution in [0.1, 0.15) is 222 Å². The SMILES string of the molecule is CC(C)(C)CC(C)(C)C1=CC(n2c3ccc(C(C)(C)C)cc3c3cc(C(C)(C)C)ccc32)C(O)(OCCCOc2c(-c3cc(C(C)(C)CC(C)(C)C)cc(-n4c5ccc(C(C)(C)C)cc5c5cc(C(C)(C)C)ccc54)c3O)cc(F)cc2C(F)(F)F)C(c2cc(F)cc(C(F)(F)F)c2)=C1. The van der Waals surface area contributed by atoms with Gasteiger partial charge in [-0.25, -0.2) is 8.78 Å². The van der Waals surface area contributed by atoms with Gasteiger partial charge in [0.2, 0.25) is 5.79 Å². The van der Waals surface area contributed by atoms with Crippen LogP contribution in [-0.2, 0) is 44.2 Å². The van der Waals surface area contributed by atoms with E-state index in [-0.39, 0.29) is 66.9 Å². The van der Waals surface area contributed by atoms with Crippen molar-refractivity contribution in [3.63, 3.8) is 0 Å². The monoisotopic (exact) mass is 1360 g/mol. The van der Waals surface area contributed by atoms with E-state index in [1.165, 1.54) is 0 Å². The van der Waals surface area contributed by atoms with E-state index >= 15 is 22.0 Å². The predicted molar refractivity (Wildman–Crippen MR) is 390 cm³/mol. The van der Waals surface area contributed by atoms with Crippen LogP contribution >= 0.6 is 0 Å². The third kappa shape index (κ3) is 15.0. The van der Waals surface area contributed by atoms with Crippen LogP contribution in [-0.4, -0.2) is 38.3 Å². The lowest BCUT2D eigenvalue weighted by Gasteiger charge is -2.44. The number of aliphatic hydroxyl groups is 1. The summed E-state index contributed by atoms with van der Waals surface area (Å²) in [6, 6.07) is 30.2. The van der Waals surface area contributed by atoms with Gasteiger partial charge in [0.1, 0.15) is 34.7 Å². The Morgan fingerprint density at radius 1 is 0.455 bits per heavy atom. The average molecular weight is 1370 g/mol. The lowest BCUT2D eigenvalue weighted by molar-refractivity contribution is -0.179. The van der Waals surface area contributed by atoms with Crippen LogP contribution in [0.4, 0.5) is 35.1 Å². The van der Waals surface area contributed by atoms with Crippen LogP contribution in [0.5, 0.6) is 11.5 Å². The number of hydrogen-bond donors (Lipinski definition) is 2. The Morgan fingerprint density at radius 3 is 1.34 bits per heavy atom. The smallest absolute Gasteiger partial charge is 0.420 e. The van der Waals surface area contributed by atoms with Crippen LogP contribution in [0.15, 0.2) is 133 Å². The van der Waals surface area contributed by atoms with Crippen molar-refractivity contribution in [3.05, 3.63) is 189 Å². The number of nitrogens with zero attached hydrogens (tertiary/aromatic N) is 2. The van der Waals surface area contributed by atoms with Gasteiger partial charge in [0.25, 0.3) is 0 Å².